The van der Waals surface area contributed by atoms with E-state index in [0.717, 1.165) is 0 Å². The summed E-state index contributed by atoms with van der Waals surface area (Å²) in [6, 6.07) is 0. The lowest BCUT2D eigenvalue weighted by Crippen LogP contribution is -2.07. The zero-order valence-corrected chi connectivity index (χ0v) is 5.05. The van der Waals surface area contributed by atoms with Crippen LogP contribution >= 0.6 is 8.26 Å². The smallest absolute Gasteiger partial charge is 0.173 e. The van der Waals surface area contributed by atoms with Crippen molar-refractivity contribution >= 4 is 18.7 Å². The van der Waals surface area contributed by atoms with Crippen LogP contribution in [0.2, 0.25) is 0 Å². The molecule has 0 aromatic carbocycles. The Morgan fingerprint density at radius 1 is 1.50 bits per heavy atom. The van der Waals surface area contributed by atoms with Gasteiger partial charge in [-0.2, -0.15) is 8.42 Å². The predicted molar refractivity (Wildman–Crippen MR) is 21.9 cm³/mol. The van der Waals surface area contributed by atoms with Gasteiger partial charge in [-0.05, 0) is 4.57 Å². The molecule has 0 radical (unpaired) electrons. The van der Waals surface area contributed by atoms with E-state index in [1.807, 2.05) is 0 Å². The first-order valence-electron chi connectivity index (χ1n) is 1.27. The zero-order chi connectivity index (χ0) is 6.78. The molecule has 8 heteroatoms. The average Bonchev–Trinajstić information content (AvgIpc) is 1.21. The van der Waals surface area contributed by atoms with E-state index < -0.39 is 18.7 Å². The fourth-order valence-corrected chi connectivity index (χ4v) is 0.772. The quantitative estimate of drug-likeness (QED) is 0.475. The summed E-state index contributed by atoms with van der Waals surface area (Å²) in [6.45, 7) is 0. The maximum Gasteiger partial charge on any atom is 0.678 e. The molecular weight excluding hydrogens is 163 g/mol. The van der Waals surface area contributed by atoms with Gasteiger partial charge >= 0.3 is 18.7 Å². The van der Waals surface area contributed by atoms with E-state index in [0.29, 0.717) is 4.49 Å². The maximum absolute atomic E-state index is 11.1. The van der Waals surface area contributed by atoms with Gasteiger partial charge in [0.1, 0.15) is 0 Å². The van der Waals surface area contributed by atoms with Crippen molar-refractivity contribution in [1.29, 1.82) is 0 Å². The van der Waals surface area contributed by atoms with Crippen molar-refractivity contribution in [2.45, 2.75) is 0 Å². The van der Waals surface area contributed by atoms with Crippen LogP contribution < -0.4 is 4.49 Å². The summed E-state index contributed by atoms with van der Waals surface area (Å²) in [4.78, 5) is 0. The fraction of sp³-hybridized carbons (Fsp3) is 0. The number of halogens is 2. The molecule has 0 heterocycles. The first-order valence-corrected chi connectivity index (χ1v) is 3.80. The van der Waals surface area contributed by atoms with E-state index in [1.165, 1.54) is 0 Å². The molecule has 1 unspecified atom stereocenters. The molecule has 4 nitrogen and oxygen atoms in total. The third-order valence-electron chi connectivity index (χ3n) is 0.181. The Kier molecular flexibility index (Phi) is 2.39. The fourth-order valence-electron chi connectivity index (χ4n) is 0.0857. The molecule has 0 aliphatic carbocycles. The molecule has 0 amide bonds. The topological polar surface area (TPSA) is 63.2 Å². The van der Waals surface area contributed by atoms with Crippen molar-refractivity contribution in [3.05, 3.63) is 0 Å². The van der Waals surface area contributed by atoms with E-state index in [9.17, 15) is 21.1 Å². The largest absolute Gasteiger partial charge is 0.678 e. The van der Waals surface area contributed by atoms with Crippen LogP contribution in [-0.2, 0) is 15.0 Å². The van der Waals surface area contributed by atoms with Crippen LogP contribution in [0.5, 0.6) is 0 Å². The van der Waals surface area contributed by atoms with Gasteiger partial charge in [-0.15, -0.1) is 0 Å². The van der Waals surface area contributed by atoms with Crippen LogP contribution in [0.25, 0.3) is 0 Å². The molecule has 1 N–H and O–H groups in total. The summed E-state index contributed by atoms with van der Waals surface area (Å²) in [5.74, 6) is 0. The lowest BCUT2D eigenvalue weighted by Gasteiger charge is -1.72. The van der Waals surface area contributed by atoms with Crippen LogP contribution in [-0.4, -0.2) is 8.42 Å². The van der Waals surface area contributed by atoms with Gasteiger partial charge in [-0.1, -0.05) is 3.89 Å². The minimum absolute atomic E-state index is 0.530. The normalized spacial score (nSPS) is 13.5. The Balaban J connectivity index is 3.95. The zero-order valence-electron chi connectivity index (χ0n) is 3.34. The second-order valence-electron chi connectivity index (χ2n) is 0.774. The number of hydrogen-bond donors (Lipinski definition) is 1. The second kappa shape index (κ2) is 2.43. The molecule has 0 spiro atoms. The van der Waals surface area contributed by atoms with E-state index in [-0.39, 0.29) is 0 Å². The van der Waals surface area contributed by atoms with Gasteiger partial charge in [0.05, 0.1) is 8.69 Å². The molecule has 0 fully saturated rings. The summed E-state index contributed by atoms with van der Waals surface area (Å²) in [6.07, 6.45) is 0. The molecule has 0 saturated carbocycles. The van der Waals surface area contributed by atoms with Crippen molar-refractivity contribution in [2.75, 3.05) is 0 Å². The SMILES string of the molecule is O=[P+](F)NS(=O)(=O)F. The highest BCUT2D eigenvalue weighted by atomic mass is 32.3. The molecular formula is HF2NO3PS+. The molecule has 0 rings (SSSR count). The van der Waals surface area contributed by atoms with Crippen LogP contribution in [0.3, 0.4) is 0 Å². The predicted octanol–water partition coefficient (Wildman–Crippen LogP) is 0.417. The number of hydrogen-bond acceptors (Lipinski definition) is 3. The minimum Gasteiger partial charge on any atom is -0.173 e. The first-order chi connectivity index (χ1) is 3.42. The molecule has 1 atom stereocenters. The van der Waals surface area contributed by atoms with Gasteiger partial charge in [0, 0.05) is 0 Å². The molecule has 0 aromatic heterocycles. The highest BCUT2D eigenvalue weighted by molar-refractivity contribution is 7.88. The van der Waals surface area contributed by atoms with Gasteiger partial charge < -0.3 is 0 Å². The Morgan fingerprint density at radius 3 is 1.88 bits per heavy atom. The Hall–Kier alpha value is -0.130. The van der Waals surface area contributed by atoms with Gasteiger partial charge in [0.25, 0.3) is 0 Å². The van der Waals surface area contributed by atoms with E-state index >= 15 is 0 Å². The summed E-state index contributed by atoms with van der Waals surface area (Å²) in [5.41, 5.74) is 0. The van der Waals surface area contributed by atoms with Crippen molar-refractivity contribution < 1.29 is 21.1 Å². The second-order valence-corrected chi connectivity index (χ2v) is 2.87. The lowest BCUT2D eigenvalue weighted by molar-refractivity contribution is 0.534. The third kappa shape index (κ3) is 5.87. The summed E-state index contributed by atoms with van der Waals surface area (Å²) >= 11 is 0. The average molecular weight is 164 g/mol. The molecule has 0 aromatic rings. The standard InChI is InChI=1S/F2HNO3PS/c1-7(4)3-8(2,5)6/h(H,3,4)/q+1. The molecule has 0 saturated heterocycles. The Labute approximate surface area is 45.2 Å². The number of nitrogens with one attached hydrogen (secondary N) is 1. The van der Waals surface area contributed by atoms with Crippen molar-refractivity contribution in [2.24, 2.45) is 0 Å². The minimum atomic E-state index is -5.13. The van der Waals surface area contributed by atoms with Crippen LogP contribution in [0.15, 0.2) is 0 Å². The summed E-state index contributed by atoms with van der Waals surface area (Å²) in [5, 5.41) is 0. The third-order valence-corrected chi connectivity index (χ3v) is 1.63. The molecule has 48 valence electrons. The summed E-state index contributed by atoms with van der Waals surface area (Å²) in [7, 11) is -8.78. The van der Waals surface area contributed by atoms with Crippen molar-refractivity contribution in [3.8, 4) is 0 Å². The van der Waals surface area contributed by atoms with E-state index in [2.05, 4.69) is 0 Å². The van der Waals surface area contributed by atoms with Crippen LogP contribution in [0.4, 0.5) is 8.08 Å². The van der Waals surface area contributed by atoms with Crippen LogP contribution in [0, 0.1) is 0 Å². The molecule has 0 bridgehead atoms. The Morgan fingerprint density at radius 2 is 1.88 bits per heavy atom. The lowest BCUT2D eigenvalue weighted by atomic mass is 13.9. The summed E-state index contributed by atoms with van der Waals surface area (Å²) < 4.78 is 50.3. The van der Waals surface area contributed by atoms with Crippen LogP contribution in [0.1, 0.15) is 0 Å². The maximum atomic E-state index is 11.1. The highest BCUT2D eigenvalue weighted by Crippen LogP contribution is 2.16. The van der Waals surface area contributed by atoms with Gasteiger partial charge in [-0.3, -0.25) is 0 Å². The van der Waals surface area contributed by atoms with Crippen molar-refractivity contribution in [1.82, 2.24) is 4.49 Å². The van der Waals surface area contributed by atoms with Gasteiger partial charge in [0.2, 0.25) is 0 Å². The van der Waals surface area contributed by atoms with E-state index in [4.69, 9.17) is 0 Å². The molecule has 0 aliphatic heterocycles. The first kappa shape index (κ1) is 7.87. The van der Waals surface area contributed by atoms with Gasteiger partial charge in [-0.25, -0.2) is 0 Å². The number of rotatable bonds is 2. The highest BCUT2D eigenvalue weighted by Gasteiger charge is 2.24. The monoisotopic (exact) mass is 164 g/mol. The van der Waals surface area contributed by atoms with Gasteiger partial charge in [0.15, 0.2) is 0 Å². The van der Waals surface area contributed by atoms with E-state index in [1.54, 1.807) is 0 Å². The molecule has 0 aliphatic rings. The van der Waals surface area contributed by atoms with Crippen molar-refractivity contribution in [3.63, 3.8) is 0 Å². The Bertz CT molecular complexity index is 183. The molecule has 8 heavy (non-hydrogen) atoms.